The fourth-order valence-corrected chi connectivity index (χ4v) is 3.53. The lowest BCUT2D eigenvalue weighted by Gasteiger charge is -1.99. The summed E-state index contributed by atoms with van der Waals surface area (Å²) in [4.78, 5) is 5.33. The van der Waals surface area contributed by atoms with Gasteiger partial charge in [-0.25, -0.2) is 4.98 Å². The molecule has 0 fully saturated rings. The van der Waals surface area contributed by atoms with Crippen LogP contribution in [0.1, 0.15) is 0 Å². The molecule has 1 aromatic carbocycles. The van der Waals surface area contributed by atoms with Gasteiger partial charge in [-0.3, -0.25) is 0 Å². The van der Waals surface area contributed by atoms with Crippen molar-refractivity contribution in [3.63, 3.8) is 0 Å². The van der Waals surface area contributed by atoms with E-state index in [-0.39, 0.29) is 0 Å². The van der Waals surface area contributed by atoms with Crippen molar-refractivity contribution < 1.29 is 0 Å². The van der Waals surface area contributed by atoms with Crippen molar-refractivity contribution in [2.75, 3.05) is 0 Å². The van der Waals surface area contributed by atoms with Gasteiger partial charge in [0.1, 0.15) is 4.34 Å². The van der Waals surface area contributed by atoms with Crippen LogP contribution in [0.4, 0.5) is 0 Å². The quantitative estimate of drug-likeness (QED) is 0.797. The van der Waals surface area contributed by atoms with Crippen molar-refractivity contribution >= 4 is 50.6 Å². The van der Waals surface area contributed by atoms with E-state index in [2.05, 4.69) is 20.9 Å². The zero-order valence-corrected chi connectivity index (χ0v) is 10.9. The number of nitrogens with zero attached hydrogens (tertiary/aromatic N) is 1. The molecule has 14 heavy (non-hydrogen) atoms. The molecule has 5 heteroatoms. The summed E-state index contributed by atoms with van der Waals surface area (Å²) in [5.74, 6) is 0. The van der Waals surface area contributed by atoms with Crippen LogP contribution in [0, 0.1) is 0 Å². The molecule has 72 valence electrons. The zero-order valence-electron chi connectivity index (χ0n) is 6.91. The van der Waals surface area contributed by atoms with E-state index in [4.69, 9.17) is 11.6 Å². The number of benzene rings is 1. The molecule has 0 aliphatic rings. The summed E-state index contributed by atoms with van der Waals surface area (Å²) >= 11 is 12.4. The molecule has 0 unspecified atom stereocenters. The molecule has 0 amide bonds. The highest BCUT2D eigenvalue weighted by Gasteiger charge is 2.04. The van der Waals surface area contributed by atoms with E-state index in [1.807, 2.05) is 24.3 Å². The highest BCUT2D eigenvalue weighted by atomic mass is 79.9. The molecule has 0 atom stereocenters. The third-order valence-electron chi connectivity index (χ3n) is 1.49. The molecule has 0 radical (unpaired) electrons. The molecule has 2 aromatic rings. The summed E-state index contributed by atoms with van der Waals surface area (Å²) in [5.41, 5.74) is 0. The predicted octanol–water partition coefficient (Wildman–Crippen LogP) is 4.71. The second-order valence-electron chi connectivity index (χ2n) is 2.46. The largest absolute Gasteiger partial charge is 0.236 e. The van der Waals surface area contributed by atoms with Crippen LogP contribution in [0.25, 0.3) is 0 Å². The Morgan fingerprint density at radius 1 is 1.36 bits per heavy atom. The maximum atomic E-state index is 5.80. The van der Waals surface area contributed by atoms with E-state index in [1.165, 1.54) is 11.3 Å². The summed E-state index contributed by atoms with van der Waals surface area (Å²) in [6, 6.07) is 8.05. The number of aromatic nitrogens is 1. The first-order chi connectivity index (χ1) is 6.75. The van der Waals surface area contributed by atoms with Crippen molar-refractivity contribution in [1.82, 2.24) is 4.98 Å². The molecule has 2 rings (SSSR count). The molecular weight excluding hydrogens is 302 g/mol. The Hall–Kier alpha value is -0.0300. The summed E-state index contributed by atoms with van der Waals surface area (Å²) in [6.45, 7) is 0. The van der Waals surface area contributed by atoms with E-state index in [0.717, 1.165) is 18.0 Å². The molecule has 0 bridgehead atoms. The van der Waals surface area contributed by atoms with Crippen molar-refractivity contribution in [2.24, 2.45) is 0 Å². The standard InChI is InChI=1S/C9H5BrClNS2/c10-6-3-1-2-4-7(6)13-9-12-5-8(11)14-9/h1-5H. The van der Waals surface area contributed by atoms with Crippen LogP contribution in [0.5, 0.6) is 0 Å². The minimum absolute atomic E-state index is 0.722. The van der Waals surface area contributed by atoms with Crippen LogP contribution in [-0.4, -0.2) is 4.98 Å². The maximum absolute atomic E-state index is 5.80. The Bertz CT molecular complexity index is 444. The van der Waals surface area contributed by atoms with Crippen LogP contribution < -0.4 is 0 Å². The van der Waals surface area contributed by atoms with Gasteiger partial charge in [0.25, 0.3) is 0 Å². The third-order valence-corrected chi connectivity index (χ3v) is 4.71. The molecule has 1 nitrogen and oxygen atoms in total. The van der Waals surface area contributed by atoms with Crippen LogP contribution in [-0.2, 0) is 0 Å². The van der Waals surface area contributed by atoms with Crippen LogP contribution >= 0.6 is 50.6 Å². The Kier molecular flexibility index (Phi) is 3.49. The summed E-state index contributed by atoms with van der Waals surface area (Å²) in [7, 11) is 0. The third kappa shape index (κ3) is 2.51. The van der Waals surface area contributed by atoms with Gasteiger partial charge in [0.05, 0.1) is 6.20 Å². The van der Waals surface area contributed by atoms with E-state index >= 15 is 0 Å². The molecule has 0 saturated heterocycles. The van der Waals surface area contributed by atoms with Gasteiger partial charge >= 0.3 is 0 Å². The van der Waals surface area contributed by atoms with E-state index < -0.39 is 0 Å². The van der Waals surface area contributed by atoms with Crippen molar-refractivity contribution in [3.8, 4) is 0 Å². The van der Waals surface area contributed by atoms with Crippen molar-refractivity contribution in [1.29, 1.82) is 0 Å². The smallest absolute Gasteiger partial charge is 0.156 e. The minimum atomic E-state index is 0.722. The van der Waals surface area contributed by atoms with Gasteiger partial charge in [-0.15, -0.1) is 0 Å². The van der Waals surface area contributed by atoms with E-state index in [1.54, 1.807) is 18.0 Å². The highest BCUT2D eigenvalue weighted by Crippen LogP contribution is 2.36. The summed E-state index contributed by atoms with van der Waals surface area (Å²) in [6.07, 6.45) is 1.67. The Labute approximate surface area is 104 Å². The highest BCUT2D eigenvalue weighted by molar-refractivity contribution is 9.10. The minimum Gasteiger partial charge on any atom is -0.236 e. The van der Waals surface area contributed by atoms with Gasteiger partial charge in [0.2, 0.25) is 0 Å². The number of thiazole rings is 1. The van der Waals surface area contributed by atoms with Gasteiger partial charge in [-0.05, 0) is 28.1 Å². The van der Waals surface area contributed by atoms with E-state index in [9.17, 15) is 0 Å². The average Bonchev–Trinajstić information content (AvgIpc) is 2.56. The topological polar surface area (TPSA) is 12.9 Å². The number of hydrogen-bond acceptors (Lipinski definition) is 3. The fraction of sp³-hybridized carbons (Fsp3) is 0. The molecule has 0 spiro atoms. The fourth-order valence-electron chi connectivity index (χ4n) is 0.908. The number of rotatable bonds is 2. The molecule has 0 saturated carbocycles. The second-order valence-corrected chi connectivity index (χ2v) is 6.27. The molecule has 0 aliphatic heterocycles. The first-order valence-corrected chi connectivity index (χ1v) is 6.60. The van der Waals surface area contributed by atoms with Gasteiger partial charge < -0.3 is 0 Å². The maximum Gasteiger partial charge on any atom is 0.156 e. The van der Waals surface area contributed by atoms with Crippen LogP contribution in [0.15, 0.2) is 44.2 Å². The Morgan fingerprint density at radius 3 is 2.79 bits per heavy atom. The van der Waals surface area contributed by atoms with Gasteiger partial charge in [-0.2, -0.15) is 0 Å². The predicted molar refractivity (Wildman–Crippen MR) is 65.4 cm³/mol. The van der Waals surface area contributed by atoms with Gasteiger partial charge in [-0.1, -0.05) is 46.8 Å². The molecule has 1 aromatic heterocycles. The lowest BCUT2D eigenvalue weighted by molar-refractivity contribution is 1.24. The van der Waals surface area contributed by atoms with Gasteiger partial charge in [0.15, 0.2) is 4.34 Å². The summed E-state index contributed by atoms with van der Waals surface area (Å²) < 4.78 is 2.76. The molecular formula is C9H5BrClNS2. The molecule has 1 heterocycles. The first kappa shape index (κ1) is 10.5. The molecule has 0 aliphatic carbocycles. The van der Waals surface area contributed by atoms with Crippen LogP contribution in [0.3, 0.4) is 0 Å². The first-order valence-electron chi connectivity index (χ1n) is 3.79. The Morgan fingerprint density at radius 2 is 2.14 bits per heavy atom. The van der Waals surface area contributed by atoms with Crippen molar-refractivity contribution in [2.45, 2.75) is 9.24 Å². The SMILES string of the molecule is Clc1cnc(Sc2ccccc2Br)s1. The Balaban J connectivity index is 2.23. The monoisotopic (exact) mass is 305 g/mol. The molecule has 0 N–H and O–H groups in total. The lowest BCUT2D eigenvalue weighted by atomic mass is 10.4. The number of hydrogen-bond donors (Lipinski definition) is 0. The van der Waals surface area contributed by atoms with Gasteiger partial charge in [0, 0.05) is 9.37 Å². The average molecular weight is 307 g/mol. The number of halogens is 2. The second kappa shape index (κ2) is 4.66. The zero-order chi connectivity index (χ0) is 9.97. The summed E-state index contributed by atoms with van der Waals surface area (Å²) in [5, 5.41) is 0. The lowest BCUT2D eigenvalue weighted by Crippen LogP contribution is -1.73. The van der Waals surface area contributed by atoms with Crippen LogP contribution in [0.2, 0.25) is 4.34 Å². The van der Waals surface area contributed by atoms with E-state index in [0.29, 0.717) is 0 Å². The van der Waals surface area contributed by atoms with Crippen molar-refractivity contribution in [3.05, 3.63) is 39.3 Å². The normalized spacial score (nSPS) is 10.4.